The molecule has 2 rings (SSSR count). The van der Waals surface area contributed by atoms with E-state index in [0.717, 1.165) is 5.52 Å². The summed E-state index contributed by atoms with van der Waals surface area (Å²) >= 11 is 0. The lowest BCUT2D eigenvalue weighted by Crippen LogP contribution is -2.19. The number of aromatic amines is 1. The fraction of sp³-hybridized carbons (Fsp3) is 0.333. The number of methoxy groups -OCH3 is 1. The zero-order chi connectivity index (χ0) is 13.3. The molecule has 0 aliphatic heterocycles. The molecule has 3 nitrogen and oxygen atoms in total. The molecular formula is C12H13F3N2O. The Labute approximate surface area is 102 Å². The van der Waals surface area contributed by atoms with Gasteiger partial charge in [-0.2, -0.15) is 13.2 Å². The van der Waals surface area contributed by atoms with E-state index >= 15 is 0 Å². The van der Waals surface area contributed by atoms with Gasteiger partial charge in [0.25, 0.3) is 0 Å². The van der Waals surface area contributed by atoms with Gasteiger partial charge in [-0.3, -0.25) is 0 Å². The first-order chi connectivity index (χ1) is 8.40. The number of fused-ring (bicyclic) bond motifs is 1. The van der Waals surface area contributed by atoms with Gasteiger partial charge in [0.1, 0.15) is 5.75 Å². The summed E-state index contributed by atoms with van der Waals surface area (Å²) in [5.41, 5.74) is 6.79. The fourth-order valence-electron chi connectivity index (χ4n) is 1.91. The van der Waals surface area contributed by atoms with Crippen molar-refractivity contribution < 1.29 is 17.9 Å². The van der Waals surface area contributed by atoms with Crippen LogP contribution in [0.15, 0.2) is 24.4 Å². The third-order valence-corrected chi connectivity index (χ3v) is 2.77. The zero-order valence-corrected chi connectivity index (χ0v) is 9.71. The van der Waals surface area contributed by atoms with Crippen LogP contribution in [0.1, 0.15) is 18.0 Å². The van der Waals surface area contributed by atoms with Crippen LogP contribution in [-0.4, -0.2) is 18.3 Å². The lowest BCUT2D eigenvalue weighted by molar-refractivity contribution is -0.138. The number of aromatic nitrogens is 1. The van der Waals surface area contributed by atoms with Crippen LogP contribution < -0.4 is 10.5 Å². The molecule has 0 aliphatic rings. The summed E-state index contributed by atoms with van der Waals surface area (Å²) in [4.78, 5) is 2.90. The van der Waals surface area contributed by atoms with Crippen LogP contribution in [0.2, 0.25) is 0 Å². The molecule has 0 unspecified atom stereocenters. The molecule has 1 atom stereocenters. The van der Waals surface area contributed by atoms with Crippen molar-refractivity contribution in [2.45, 2.75) is 18.6 Å². The topological polar surface area (TPSA) is 51.0 Å². The molecule has 0 aliphatic carbocycles. The third-order valence-electron chi connectivity index (χ3n) is 2.77. The van der Waals surface area contributed by atoms with Crippen LogP contribution in [0.3, 0.4) is 0 Å². The predicted octanol–water partition coefficient (Wildman–Crippen LogP) is 3.13. The van der Waals surface area contributed by atoms with E-state index in [1.807, 2.05) is 0 Å². The van der Waals surface area contributed by atoms with Gasteiger partial charge in [0.05, 0.1) is 13.5 Å². The highest BCUT2D eigenvalue weighted by Gasteiger charge is 2.31. The maximum absolute atomic E-state index is 12.3. The van der Waals surface area contributed by atoms with Gasteiger partial charge in [0.15, 0.2) is 0 Å². The molecule has 0 saturated heterocycles. The first-order valence-electron chi connectivity index (χ1n) is 5.38. The third kappa shape index (κ3) is 2.59. The van der Waals surface area contributed by atoms with Crippen LogP contribution in [0.25, 0.3) is 10.9 Å². The summed E-state index contributed by atoms with van der Waals surface area (Å²) in [5, 5.41) is 0.658. The molecule has 2 aromatic rings. The number of nitrogens with one attached hydrogen (secondary N) is 1. The van der Waals surface area contributed by atoms with Crippen LogP contribution in [0, 0.1) is 0 Å². The Morgan fingerprint density at radius 3 is 2.72 bits per heavy atom. The minimum atomic E-state index is -4.28. The molecule has 1 aromatic carbocycles. The van der Waals surface area contributed by atoms with Crippen molar-refractivity contribution in [3.8, 4) is 5.75 Å². The van der Waals surface area contributed by atoms with Gasteiger partial charge in [-0.15, -0.1) is 0 Å². The second-order valence-electron chi connectivity index (χ2n) is 4.08. The van der Waals surface area contributed by atoms with Crippen molar-refractivity contribution in [3.63, 3.8) is 0 Å². The number of rotatable bonds is 3. The van der Waals surface area contributed by atoms with Crippen molar-refractivity contribution in [1.29, 1.82) is 0 Å². The van der Waals surface area contributed by atoms with Crippen molar-refractivity contribution in [1.82, 2.24) is 4.98 Å². The van der Waals surface area contributed by atoms with Crippen molar-refractivity contribution in [2.24, 2.45) is 5.73 Å². The van der Waals surface area contributed by atoms with Gasteiger partial charge in [-0.25, -0.2) is 0 Å². The Bertz CT molecular complexity index is 548. The van der Waals surface area contributed by atoms with Crippen molar-refractivity contribution in [3.05, 3.63) is 30.0 Å². The molecule has 1 aromatic heterocycles. The van der Waals surface area contributed by atoms with E-state index in [0.29, 0.717) is 16.7 Å². The molecule has 0 bridgehead atoms. The maximum Gasteiger partial charge on any atom is 0.390 e. The van der Waals surface area contributed by atoms with Crippen LogP contribution in [0.4, 0.5) is 13.2 Å². The van der Waals surface area contributed by atoms with Crippen molar-refractivity contribution in [2.75, 3.05) is 7.11 Å². The molecule has 6 heteroatoms. The highest BCUT2D eigenvalue weighted by molar-refractivity contribution is 5.85. The lowest BCUT2D eigenvalue weighted by atomic mass is 10.0. The number of H-pyrrole nitrogens is 1. The Morgan fingerprint density at radius 2 is 2.11 bits per heavy atom. The SMILES string of the molecule is COc1ccc2[nH]cc([C@@H](N)CC(F)(F)F)c2c1. The van der Waals surface area contributed by atoms with Gasteiger partial charge in [-0.1, -0.05) is 0 Å². The van der Waals surface area contributed by atoms with Gasteiger partial charge in [-0.05, 0) is 23.8 Å². The molecule has 3 N–H and O–H groups in total. The second-order valence-corrected chi connectivity index (χ2v) is 4.08. The summed E-state index contributed by atoms with van der Waals surface area (Å²) in [5.74, 6) is 0.586. The number of nitrogens with two attached hydrogens (primary N) is 1. The largest absolute Gasteiger partial charge is 0.497 e. The van der Waals surface area contributed by atoms with Crippen LogP contribution in [-0.2, 0) is 0 Å². The van der Waals surface area contributed by atoms with E-state index in [1.54, 1.807) is 18.2 Å². The molecule has 0 amide bonds. The highest BCUT2D eigenvalue weighted by atomic mass is 19.4. The Kier molecular flexibility index (Phi) is 3.21. The minimum Gasteiger partial charge on any atom is -0.497 e. The summed E-state index contributed by atoms with van der Waals surface area (Å²) in [6, 6.07) is 4.08. The van der Waals surface area contributed by atoms with E-state index in [1.165, 1.54) is 13.3 Å². The first kappa shape index (κ1) is 12.8. The molecule has 18 heavy (non-hydrogen) atoms. The van der Waals surface area contributed by atoms with E-state index in [4.69, 9.17) is 10.5 Å². The van der Waals surface area contributed by atoms with Gasteiger partial charge in [0, 0.05) is 23.1 Å². The first-order valence-corrected chi connectivity index (χ1v) is 5.38. The van der Waals surface area contributed by atoms with Crippen molar-refractivity contribution >= 4 is 10.9 Å². The maximum atomic E-state index is 12.3. The molecule has 0 radical (unpaired) electrons. The van der Waals surface area contributed by atoms with Gasteiger partial charge in [0.2, 0.25) is 0 Å². The molecule has 0 fully saturated rings. The number of alkyl halides is 3. The smallest absolute Gasteiger partial charge is 0.390 e. The molecule has 1 heterocycles. The molecule has 0 spiro atoms. The standard InChI is InChI=1S/C12H13F3N2O/c1-18-7-2-3-11-8(4-7)9(6-17-11)10(16)5-12(13,14)15/h2-4,6,10,17H,5,16H2,1H3/t10-/m0/s1. The zero-order valence-electron chi connectivity index (χ0n) is 9.71. The predicted molar refractivity (Wildman–Crippen MR) is 62.5 cm³/mol. The average Bonchev–Trinajstić information content (AvgIpc) is 2.69. The Hall–Kier alpha value is -1.69. The number of benzene rings is 1. The second kappa shape index (κ2) is 4.53. The summed E-state index contributed by atoms with van der Waals surface area (Å²) in [6.07, 6.45) is -3.81. The van der Waals surface area contributed by atoms with Gasteiger partial charge >= 0.3 is 6.18 Å². The minimum absolute atomic E-state index is 0.446. The Morgan fingerprint density at radius 1 is 1.39 bits per heavy atom. The number of halogens is 3. The molecular weight excluding hydrogens is 245 g/mol. The monoisotopic (exact) mass is 258 g/mol. The quantitative estimate of drug-likeness (QED) is 0.888. The van der Waals surface area contributed by atoms with E-state index in [-0.39, 0.29) is 0 Å². The van der Waals surface area contributed by atoms with E-state index in [9.17, 15) is 13.2 Å². The normalized spacial score (nSPS) is 13.8. The summed E-state index contributed by atoms with van der Waals surface area (Å²) in [6.45, 7) is 0. The van der Waals surface area contributed by atoms with Crippen LogP contribution >= 0.6 is 0 Å². The van der Waals surface area contributed by atoms with E-state index in [2.05, 4.69) is 4.98 Å². The lowest BCUT2D eigenvalue weighted by Gasteiger charge is -2.13. The summed E-state index contributed by atoms with van der Waals surface area (Å²) < 4.78 is 42.0. The Balaban J connectivity index is 2.38. The van der Waals surface area contributed by atoms with Gasteiger partial charge < -0.3 is 15.5 Å². The number of hydrogen-bond donors (Lipinski definition) is 2. The summed E-state index contributed by atoms with van der Waals surface area (Å²) in [7, 11) is 1.50. The van der Waals surface area contributed by atoms with E-state index < -0.39 is 18.6 Å². The van der Waals surface area contributed by atoms with Crippen LogP contribution in [0.5, 0.6) is 5.75 Å². The number of ether oxygens (including phenoxy) is 1. The molecule has 0 saturated carbocycles. The number of hydrogen-bond acceptors (Lipinski definition) is 2. The highest BCUT2D eigenvalue weighted by Crippen LogP contribution is 2.32. The fourth-order valence-corrected chi connectivity index (χ4v) is 1.91. The molecule has 98 valence electrons. The average molecular weight is 258 g/mol.